The molecule has 0 fully saturated rings. The molecule has 10 heteroatoms. The first-order chi connectivity index (χ1) is 15.8. The van der Waals surface area contributed by atoms with E-state index in [2.05, 4.69) is 10.6 Å². The molecule has 7 nitrogen and oxygen atoms in total. The number of aromatic hydroxyl groups is 1. The SMILES string of the molecule is O=C(Nc1cc(Cl)ccc1O)c1cccc(NC2=C(Cl)C(=O)N(c3ccccc3Cl)C2=O)c1. The van der Waals surface area contributed by atoms with Crippen LogP contribution < -0.4 is 15.5 Å². The molecule has 0 unspecified atom stereocenters. The van der Waals surface area contributed by atoms with Gasteiger partial charge in [-0.15, -0.1) is 0 Å². The fourth-order valence-electron chi connectivity index (χ4n) is 3.15. The third-order valence-corrected chi connectivity index (χ3v) is 5.63. The number of amides is 3. The summed E-state index contributed by atoms with van der Waals surface area (Å²) in [5.74, 6) is -2.07. The summed E-state index contributed by atoms with van der Waals surface area (Å²) in [5, 5.41) is 15.5. The molecule has 3 amide bonds. The summed E-state index contributed by atoms with van der Waals surface area (Å²) < 4.78 is 0. The van der Waals surface area contributed by atoms with Crippen LogP contribution in [-0.2, 0) is 9.59 Å². The van der Waals surface area contributed by atoms with Crippen LogP contribution in [-0.4, -0.2) is 22.8 Å². The molecule has 1 aliphatic rings. The summed E-state index contributed by atoms with van der Waals surface area (Å²) in [6, 6.07) is 16.8. The first kappa shape index (κ1) is 22.7. The van der Waals surface area contributed by atoms with Gasteiger partial charge < -0.3 is 15.7 Å². The van der Waals surface area contributed by atoms with Crippen LogP contribution in [0, 0.1) is 0 Å². The highest BCUT2D eigenvalue weighted by atomic mass is 35.5. The molecule has 4 rings (SSSR count). The second kappa shape index (κ2) is 9.15. The van der Waals surface area contributed by atoms with Gasteiger partial charge in [0, 0.05) is 16.3 Å². The molecule has 0 aliphatic carbocycles. The van der Waals surface area contributed by atoms with Gasteiger partial charge in [-0.25, -0.2) is 4.90 Å². The van der Waals surface area contributed by atoms with E-state index in [1.807, 2.05) is 0 Å². The Kier molecular flexibility index (Phi) is 6.29. The molecule has 3 aromatic carbocycles. The second-order valence-corrected chi connectivity index (χ2v) is 8.13. The molecule has 0 atom stereocenters. The predicted octanol–water partition coefficient (Wildman–Crippen LogP) is 5.39. The summed E-state index contributed by atoms with van der Waals surface area (Å²) in [4.78, 5) is 39.1. The van der Waals surface area contributed by atoms with Crippen molar-refractivity contribution in [2.24, 2.45) is 0 Å². The largest absolute Gasteiger partial charge is 0.506 e. The van der Waals surface area contributed by atoms with Crippen molar-refractivity contribution in [1.82, 2.24) is 0 Å². The van der Waals surface area contributed by atoms with Gasteiger partial charge in [0.05, 0.1) is 16.4 Å². The third kappa shape index (κ3) is 4.52. The highest BCUT2D eigenvalue weighted by Gasteiger charge is 2.39. The lowest BCUT2D eigenvalue weighted by Crippen LogP contribution is -2.32. The quantitative estimate of drug-likeness (QED) is 0.321. The zero-order valence-corrected chi connectivity index (χ0v) is 18.9. The lowest BCUT2D eigenvalue weighted by atomic mass is 10.1. The van der Waals surface area contributed by atoms with Crippen LogP contribution in [0.15, 0.2) is 77.5 Å². The molecule has 0 bridgehead atoms. The smallest absolute Gasteiger partial charge is 0.283 e. The first-order valence-electron chi connectivity index (χ1n) is 9.46. The van der Waals surface area contributed by atoms with Gasteiger partial charge in [0.2, 0.25) is 0 Å². The van der Waals surface area contributed by atoms with E-state index in [1.54, 1.807) is 30.3 Å². The van der Waals surface area contributed by atoms with Gasteiger partial charge in [-0.1, -0.05) is 53.0 Å². The Morgan fingerprint density at radius 2 is 1.64 bits per heavy atom. The third-order valence-electron chi connectivity index (χ3n) is 4.72. The van der Waals surface area contributed by atoms with Crippen LogP contribution in [0.3, 0.4) is 0 Å². The van der Waals surface area contributed by atoms with E-state index >= 15 is 0 Å². The van der Waals surface area contributed by atoms with Crippen molar-refractivity contribution in [2.45, 2.75) is 0 Å². The van der Waals surface area contributed by atoms with Crippen molar-refractivity contribution < 1.29 is 19.5 Å². The molecule has 0 spiro atoms. The Morgan fingerprint density at radius 3 is 2.39 bits per heavy atom. The first-order valence-corrected chi connectivity index (χ1v) is 10.6. The zero-order chi connectivity index (χ0) is 23.7. The lowest BCUT2D eigenvalue weighted by Gasteiger charge is -2.16. The molecular formula is C23H14Cl3N3O4. The summed E-state index contributed by atoms with van der Waals surface area (Å²) in [6.45, 7) is 0. The summed E-state index contributed by atoms with van der Waals surface area (Å²) in [5.41, 5.74) is 0.762. The fraction of sp³-hybridized carbons (Fsp3) is 0. The maximum atomic E-state index is 12.9. The monoisotopic (exact) mass is 501 g/mol. The number of hydrogen-bond acceptors (Lipinski definition) is 5. The highest BCUT2D eigenvalue weighted by molar-refractivity contribution is 6.53. The average Bonchev–Trinajstić information content (AvgIpc) is 3.00. The van der Waals surface area contributed by atoms with Gasteiger partial charge in [-0.3, -0.25) is 14.4 Å². The normalized spacial score (nSPS) is 13.5. The molecular weight excluding hydrogens is 489 g/mol. The maximum absolute atomic E-state index is 12.9. The Morgan fingerprint density at radius 1 is 0.879 bits per heavy atom. The molecule has 1 aliphatic heterocycles. The number of benzene rings is 3. The van der Waals surface area contributed by atoms with E-state index in [1.165, 1.54) is 36.4 Å². The van der Waals surface area contributed by atoms with Crippen molar-refractivity contribution in [1.29, 1.82) is 0 Å². The number of carbonyl (C=O) groups is 3. The van der Waals surface area contributed by atoms with Gasteiger partial charge in [-0.05, 0) is 48.5 Å². The molecule has 3 aromatic rings. The summed E-state index contributed by atoms with van der Waals surface area (Å²) >= 11 is 18.2. The van der Waals surface area contributed by atoms with Crippen LogP contribution in [0.4, 0.5) is 17.1 Å². The molecule has 1 heterocycles. The number of nitrogens with one attached hydrogen (secondary N) is 2. The molecule has 166 valence electrons. The lowest BCUT2D eigenvalue weighted by molar-refractivity contribution is -0.120. The van der Waals surface area contributed by atoms with E-state index in [4.69, 9.17) is 34.8 Å². The van der Waals surface area contributed by atoms with E-state index in [-0.39, 0.29) is 38.4 Å². The van der Waals surface area contributed by atoms with Gasteiger partial charge in [0.25, 0.3) is 17.7 Å². The van der Waals surface area contributed by atoms with E-state index < -0.39 is 17.7 Å². The number of hydrogen-bond donors (Lipinski definition) is 3. The standard InChI is InChI=1S/C23H14Cl3N3O4/c24-13-8-9-18(30)16(11-13)28-21(31)12-4-3-5-14(10-12)27-20-19(26)22(32)29(23(20)33)17-7-2-1-6-15(17)25/h1-11,27,30H,(H,28,31). The van der Waals surface area contributed by atoms with Crippen molar-refractivity contribution in [3.05, 3.63) is 93.1 Å². The number of para-hydroxylation sites is 1. The molecule has 0 aromatic heterocycles. The number of phenolic OH excluding ortho intramolecular Hbond substituents is 1. The van der Waals surface area contributed by atoms with Gasteiger partial charge in [-0.2, -0.15) is 0 Å². The van der Waals surface area contributed by atoms with Gasteiger partial charge >= 0.3 is 0 Å². The van der Waals surface area contributed by atoms with Crippen LogP contribution in [0.1, 0.15) is 10.4 Å². The molecule has 0 radical (unpaired) electrons. The van der Waals surface area contributed by atoms with Crippen LogP contribution in [0.25, 0.3) is 0 Å². The number of rotatable bonds is 5. The molecule has 0 saturated heterocycles. The van der Waals surface area contributed by atoms with Crippen molar-refractivity contribution >= 4 is 69.6 Å². The topological polar surface area (TPSA) is 98.7 Å². The van der Waals surface area contributed by atoms with Crippen LogP contribution in [0.2, 0.25) is 10.0 Å². The maximum Gasteiger partial charge on any atom is 0.283 e. The number of nitrogens with zero attached hydrogens (tertiary/aromatic N) is 1. The number of carbonyl (C=O) groups excluding carboxylic acids is 3. The molecule has 3 N–H and O–H groups in total. The van der Waals surface area contributed by atoms with Crippen molar-refractivity contribution in [3.63, 3.8) is 0 Å². The van der Waals surface area contributed by atoms with Crippen molar-refractivity contribution in [2.75, 3.05) is 15.5 Å². The Hall–Kier alpha value is -3.52. The molecule has 33 heavy (non-hydrogen) atoms. The Labute approximate surface area is 203 Å². The van der Waals surface area contributed by atoms with E-state index in [0.29, 0.717) is 10.7 Å². The Balaban J connectivity index is 1.56. The van der Waals surface area contributed by atoms with Gasteiger partial charge in [0.1, 0.15) is 16.5 Å². The van der Waals surface area contributed by atoms with E-state index in [9.17, 15) is 19.5 Å². The van der Waals surface area contributed by atoms with Crippen molar-refractivity contribution in [3.8, 4) is 5.75 Å². The predicted molar refractivity (Wildman–Crippen MR) is 128 cm³/mol. The average molecular weight is 503 g/mol. The minimum absolute atomic E-state index is 0.142. The van der Waals surface area contributed by atoms with Crippen LogP contribution >= 0.6 is 34.8 Å². The number of phenols is 1. The van der Waals surface area contributed by atoms with Crippen LogP contribution in [0.5, 0.6) is 5.75 Å². The Bertz CT molecular complexity index is 1340. The minimum Gasteiger partial charge on any atom is -0.506 e. The zero-order valence-electron chi connectivity index (χ0n) is 16.6. The van der Waals surface area contributed by atoms with E-state index in [0.717, 1.165) is 4.90 Å². The number of anilines is 3. The minimum atomic E-state index is -0.720. The number of imide groups is 1. The fourth-order valence-corrected chi connectivity index (χ4v) is 3.75. The number of halogens is 3. The summed E-state index contributed by atoms with van der Waals surface area (Å²) in [7, 11) is 0. The molecule has 0 saturated carbocycles. The second-order valence-electron chi connectivity index (χ2n) is 6.91. The highest BCUT2D eigenvalue weighted by Crippen LogP contribution is 2.34. The summed E-state index contributed by atoms with van der Waals surface area (Å²) in [6.07, 6.45) is 0. The van der Waals surface area contributed by atoms with Gasteiger partial charge in [0.15, 0.2) is 0 Å².